The number of fused-ring (bicyclic) bond motifs is 1. The van der Waals surface area contributed by atoms with Crippen molar-refractivity contribution in [2.75, 3.05) is 5.75 Å². The van der Waals surface area contributed by atoms with Gasteiger partial charge in [-0.1, -0.05) is 23.9 Å². The molecule has 0 aliphatic rings. The van der Waals surface area contributed by atoms with Crippen LogP contribution in [0.15, 0.2) is 41.7 Å². The second-order valence-electron chi connectivity index (χ2n) is 6.40. The third-order valence-electron chi connectivity index (χ3n) is 3.95. The Morgan fingerprint density at radius 3 is 2.76 bits per heavy atom. The largest absolute Gasteiger partial charge is 0.353 e. The van der Waals surface area contributed by atoms with Crippen molar-refractivity contribution in [2.45, 2.75) is 38.8 Å². The first-order chi connectivity index (χ1) is 11.9. The van der Waals surface area contributed by atoms with E-state index in [1.165, 1.54) is 22.9 Å². The summed E-state index contributed by atoms with van der Waals surface area (Å²) in [4.78, 5) is 16.3. The van der Waals surface area contributed by atoms with Crippen molar-refractivity contribution in [2.24, 2.45) is 0 Å². The maximum Gasteiger partial charge on any atom is 0.230 e. The van der Waals surface area contributed by atoms with Crippen molar-refractivity contribution in [3.05, 3.63) is 47.8 Å². The number of aromatic nitrogens is 3. The number of thioether (sulfide) groups is 1. The van der Waals surface area contributed by atoms with E-state index in [1.54, 1.807) is 6.20 Å². The fraction of sp³-hybridized carbons (Fsp3) is 0.316. The zero-order valence-corrected chi connectivity index (χ0v) is 15.7. The zero-order valence-electron chi connectivity index (χ0n) is 14.9. The molecule has 0 saturated carbocycles. The van der Waals surface area contributed by atoms with Crippen LogP contribution in [-0.2, 0) is 4.79 Å². The Morgan fingerprint density at radius 1 is 1.24 bits per heavy atom. The fourth-order valence-corrected chi connectivity index (χ4v) is 3.34. The second kappa shape index (κ2) is 7.27. The van der Waals surface area contributed by atoms with Gasteiger partial charge in [0.2, 0.25) is 5.91 Å². The number of aryl methyl sites for hydroxylation is 2. The molecule has 0 aliphatic carbocycles. The monoisotopic (exact) mass is 354 g/mol. The van der Waals surface area contributed by atoms with Crippen LogP contribution in [0.4, 0.5) is 0 Å². The normalized spacial score (nSPS) is 11.2. The number of amides is 1. The number of benzene rings is 1. The lowest BCUT2D eigenvalue weighted by atomic mass is 10.0. The lowest BCUT2D eigenvalue weighted by Gasteiger charge is -2.07. The molecule has 0 bridgehead atoms. The summed E-state index contributed by atoms with van der Waals surface area (Å²) in [6.45, 7) is 8.11. The van der Waals surface area contributed by atoms with Gasteiger partial charge in [-0.2, -0.15) is 5.10 Å². The van der Waals surface area contributed by atoms with Crippen LogP contribution in [0.25, 0.3) is 16.8 Å². The third-order valence-corrected chi connectivity index (χ3v) is 4.94. The molecule has 0 fully saturated rings. The van der Waals surface area contributed by atoms with E-state index in [1.807, 2.05) is 30.6 Å². The molecule has 0 unspecified atom stereocenters. The predicted octanol–water partition coefficient (Wildman–Crippen LogP) is 3.63. The van der Waals surface area contributed by atoms with E-state index in [-0.39, 0.29) is 11.9 Å². The van der Waals surface area contributed by atoms with Gasteiger partial charge in [0.1, 0.15) is 5.03 Å². The summed E-state index contributed by atoms with van der Waals surface area (Å²) in [6, 6.07) is 8.51. The first kappa shape index (κ1) is 17.5. The van der Waals surface area contributed by atoms with E-state index in [2.05, 4.69) is 47.4 Å². The summed E-state index contributed by atoms with van der Waals surface area (Å²) in [7, 11) is 0. The minimum Gasteiger partial charge on any atom is -0.353 e. The van der Waals surface area contributed by atoms with Crippen molar-refractivity contribution in [1.82, 2.24) is 19.9 Å². The Kier molecular flexibility index (Phi) is 5.08. The van der Waals surface area contributed by atoms with Gasteiger partial charge < -0.3 is 5.32 Å². The van der Waals surface area contributed by atoms with Crippen LogP contribution in [0.5, 0.6) is 0 Å². The Morgan fingerprint density at radius 2 is 2.04 bits per heavy atom. The molecule has 0 spiro atoms. The van der Waals surface area contributed by atoms with Crippen LogP contribution in [0.3, 0.4) is 0 Å². The molecule has 25 heavy (non-hydrogen) atoms. The van der Waals surface area contributed by atoms with Crippen molar-refractivity contribution < 1.29 is 4.79 Å². The smallest absolute Gasteiger partial charge is 0.230 e. The molecule has 5 nitrogen and oxygen atoms in total. The first-order valence-electron chi connectivity index (χ1n) is 8.28. The highest BCUT2D eigenvalue weighted by molar-refractivity contribution is 8.00. The molecule has 130 valence electrons. The molecule has 1 N–H and O–H groups in total. The molecule has 1 aromatic carbocycles. The third kappa shape index (κ3) is 4.02. The van der Waals surface area contributed by atoms with Gasteiger partial charge in [0.25, 0.3) is 0 Å². The van der Waals surface area contributed by atoms with E-state index in [0.717, 1.165) is 21.8 Å². The summed E-state index contributed by atoms with van der Waals surface area (Å²) in [5.74, 6) is 0.354. The van der Waals surface area contributed by atoms with Gasteiger partial charge in [-0.3, -0.25) is 4.79 Å². The van der Waals surface area contributed by atoms with Gasteiger partial charge in [-0.05, 0) is 51.0 Å². The number of carbonyl (C=O) groups excluding carboxylic acids is 1. The quantitative estimate of drug-likeness (QED) is 0.711. The minimum absolute atomic E-state index is 0.0118. The molecule has 2 aromatic heterocycles. The van der Waals surface area contributed by atoms with E-state index >= 15 is 0 Å². The van der Waals surface area contributed by atoms with Crippen molar-refractivity contribution in [3.63, 3.8) is 0 Å². The van der Waals surface area contributed by atoms with Crippen LogP contribution in [-0.4, -0.2) is 32.3 Å². The summed E-state index contributed by atoms with van der Waals surface area (Å²) >= 11 is 1.43. The average Bonchev–Trinajstić information content (AvgIpc) is 2.99. The molecule has 6 heteroatoms. The lowest BCUT2D eigenvalue weighted by Crippen LogP contribution is -2.31. The van der Waals surface area contributed by atoms with E-state index in [0.29, 0.717) is 5.75 Å². The van der Waals surface area contributed by atoms with Crippen LogP contribution in [0.1, 0.15) is 25.0 Å². The first-order valence-corrected chi connectivity index (χ1v) is 9.27. The number of hydrogen-bond donors (Lipinski definition) is 1. The number of nitrogens with one attached hydrogen (secondary N) is 1. The molecular weight excluding hydrogens is 332 g/mol. The van der Waals surface area contributed by atoms with Crippen LogP contribution >= 0.6 is 11.8 Å². The Hall–Kier alpha value is -2.34. The molecule has 2 heterocycles. The molecular formula is C19H22N4OS. The van der Waals surface area contributed by atoms with Crippen molar-refractivity contribution in [3.8, 4) is 11.3 Å². The number of carbonyl (C=O) groups is 1. The number of rotatable bonds is 5. The Labute approximate surface area is 151 Å². The van der Waals surface area contributed by atoms with Crippen LogP contribution < -0.4 is 5.32 Å². The van der Waals surface area contributed by atoms with Crippen molar-refractivity contribution >= 4 is 23.2 Å². The second-order valence-corrected chi connectivity index (χ2v) is 7.37. The molecule has 1 amide bonds. The highest BCUT2D eigenvalue weighted by atomic mass is 32.2. The van der Waals surface area contributed by atoms with Gasteiger partial charge in [-0.15, -0.1) is 0 Å². The van der Waals surface area contributed by atoms with Crippen LogP contribution in [0, 0.1) is 13.8 Å². The Bertz CT molecular complexity index is 917. The summed E-state index contributed by atoms with van der Waals surface area (Å²) in [6.07, 6.45) is 3.55. The zero-order chi connectivity index (χ0) is 18.0. The van der Waals surface area contributed by atoms with E-state index in [4.69, 9.17) is 0 Å². The summed E-state index contributed by atoms with van der Waals surface area (Å²) < 4.78 is 1.82. The SMILES string of the molecule is Cc1ccc(-c2cc3c(SCC(=O)NC(C)C)nccn3n2)cc1C. The van der Waals surface area contributed by atoms with E-state index in [9.17, 15) is 4.79 Å². The highest BCUT2D eigenvalue weighted by Crippen LogP contribution is 2.27. The topological polar surface area (TPSA) is 59.3 Å². The average molecular weight is 354 g/mol. The Balaban J connectivity index is 1.87. The molecule has 0 saturated heterocycles. The van der Waals surface area contributed by atoms with Crippen LogP contribution in [0.2, 0.25) is 0 Å². The number of hydrogen-bond acceptors (Lipinski definition) is 4. The maximum atomic E-state index is 11.9. The molecule has 0 aliphatic heterocycles. The fourth-order valence-electron chi connectivity index (χ4n) is 2.55. The maximum absolute atomic E-state index is 11.9. The van der Waals surface area contributed by atoms with Gasteiger partial charge in [0.05, 0.1) is 17.0 Å². The standard InChI is InChI=1S/C19H22N4OS/c1-12(2)21-18(24)11-25-19-17-10-16(22-23(17)8-7-20-19)15-6-5-13(3)14(4)9-15/h5-10,12H,11H2,1-4H3,(H,21,24). The molecule has 0 radical (unpaired) electrons. The predicted molar refractivity (Wildman–Crippen MR) is 102 cm³/mol. The molecule has 0 atom stereocenters. The summed E-state index contributed by atoms with van der Waals surface area (Å²) in [5, 5.41) is 8.36. The minimum atomic E-state index is 0.0118. The molecule has 3 rings (SSSR count). The molecule has 3 aromatic rings. The summed E-state index contributed by atoms with van der Waals surface area (Å²) in [5.41, 5.74) is 5.41. The highest BCUT2D eigenvalue weighted by Gasteiger charge is 2.12. The van der Waals surface area contributed by atoms with Gasteiger partial charge in [0, 0.05) is 24.0 Å². The van der Waals surface area contributed by atoms with Gasteiger partial charge >= 0.3 is 0 Å². The van der Waals surface area contributed by atoms with Crippen molar-refractivity contribution in [1.29, 1.82) is 0 Å². The lowest BCUT2D eigenvalue weighted by molar-refractivity contribution is -0.119. The van der Waals surface area contributed by atoms with Gasteiger partial charge in [0.15, 0.2) is 0 Å². The number of nitrogens with zero attached hydrogens (tertiary/aromatic N) is 3. The van der Waals surface area contributed by atoms with E-state index < -0.39 is 0 Å². The van der Waals surface area contributed by atoms with Gasteiger partial charge in [-0.25, -0.2) is 9.50 Å².